The second-order valence-electron chi connectivity index (χ2n) is 6.27. The zero-order chi connectivity index (χ0) is 22.7. The Morgan fingerprint density at radius 2 is 1.33 bits per heavy atom. The van der Waals surface area contributed by atoms with Gasteiger partial charge in [-0.05, 0) is 0 Å². The molecule has 12 heteroatoms. The molecule has 1 unspecified atom stereocenters. The average molecular weight is 436 g/mol. The molecule has 0 amide bonds. The van der Waals surface area contributed by atoms with E-state index in [0.29, 0.717) is 0 Å². The minimum absolute atomic E-state index is 0.0201. The van der Waals surface area contributed by atoms with E-state index in [1.807, 2.05) is 0 Å². The van der Waals surface area contributed by atoms with Crippen molar-refractivity contribution in [2.24, 2.45) is 0 Å². The molecule has 1 heterocycles. The molecule has 0 aromatic rings. The van der Waals surface area contributed by atoms with Gasteiger partial charge in [0.05, 0.1) is 26.4 Å². The van der Waals surface area contributed by atoms with Crippen molar-refractivity contribution in [3.8, 4) is 0 Å². The van der Waals surface area contributed by atoms with Gasteiger partial charge < -0.3 is 38.3 Å². The maximum absolute atomic E-state index is 11.7. The predicted octanol–water partition coefficient (Wildman–Crippen LogP) is -0.905. The fourth-order valence-electron chi connectivity index (χ4n) is 2.71. The second kappa shape index (κ2) is 13.1. The van der Waals surface area contributed by atoms with Crippen molar-refractivity contribution in [1.29, 1.82) is 0 Å². The van der Waals surface area contributed by atoms with E-state index < -0.39 is 54.6 Å². The highest BCUT2D eigenvalue weighted by Gasteiger charge is 2.52. The van der Waals surface area contributed by atoms with Crippen LogP contribution < -0.4 is 0 Å². The summed E-state index contributed by atoms with van der Waals surface area (Å²) in [5.41, 5.74) is 0. The van der Waals surface area contributed by atoms with E-state index in [1.165, 1.54) is 6.92 Å². The third-order valence-corrected chi connectivity index (χ3v) is 3.69. The monoisotopic (exact) mass is 436 g/mol. The highest BCUT2D eigenvalue weighted by Crippen LogP contribution is 2.29. The van der Waals surface area contributed by atoms with Crippen LogP contribution in [0.1, 0.15) is 27.7 Å². The van der Waals surface area contributed by atoms with Crippen molar-refractivity contribution in [3.05, 3.63) is 0 Å². The van der Waals surface area contributed by atoms with Crippen LogP contribution in [0.5, 0.6) is 0 Å². The minimum Gasteiger partial charge on any atom is -0.463 e. The van der Waals surface area contributed by atoms with E-state index in [2.05, 4.69) is 0 Å². The van der Waals surface area contributed by atoms with Gasteiger partial charge in [-0.25, -0.2) is 0 Å². The largest absolute Gasteiger partial charge is 0.463 e. The summed E-state index contributed by atoms with van der Waals surface area (Å²) < 4.78 is 37.1. The molecule has 1 rings (SSSR count). The van der Waals surface area contributed by atoms with Gasteiger partial charge in [-0.1, -0.05) is 0 Å². The first-order chi connectivity index (χ1) is 14.1. The lowest BCUT2D eigenvalue weighted by Crippen LogP contribution is -2.63. The van der Waals surface area contributed by atoms with Crippen LogP contribution in [0.15, 0.2) is 0 Å². The van der Waals surface area contributed by atoms with Gasteiger partial charge in [0.15, 0.2) is 24.6 Å². The van der Waals surface area contributed by atoms with E-state index in [0.717, 1.165) is 20.8 Å². The fraction of sp³-hybridized carbons (Fsp3) is 0.778. The molecule has 12 nitrogen and oxygen atoms in total. The Bertz CT molecular complexity index is 592. The molecular formula is C18H28O12. The number of carbonyl (C=O) groups excluding carboxylic acids is 4. The summed E-state index contributed by atoms with van der Waals surface area (Å²) in [6.07, 6.45) is -6.11. The normalized spacial score (nSPS) is 25.8. The first-order valence-corrected chi connectivity index (χ1v) is 9.26. The number of aliphatic hydroxyl groups excluding tert-OH is 1. The Morgan fingerprint density at radius 1 is 0.767 bits per heavy atom. The lowest BCUT2D eigenvalue weighted by molar-refractivity contribution is -0.309. The minimum atomic E-state index is -1.28. The molecule has 1 saturated heterocycles. The second-order valence-corrected chi connectivity index (χ2v) is 6.27. The summed E-state index contributed by atoms with van der Waals surface area (Å²) >= 11 is 0. The number of hydrogen-bond acceptors (Lipinski definition) is 12. The van der Waals surface area contributed by atoms with Crippen LogP contribution in [-0.4, -0.2) is 92.7 Å². The topological polar surface area (TPSA) is 153 Å². The van der Waals surface area contributed by atoms with Crippen molar-refractivity contribution in [3.63, 3.8) is 0 Å². The standard InChI is InChI=1S/C18H28O12/c1-10(20)26-9-14-15(27-11(2)21)16(28-12(3)22)17(29-13(4)23)18(30-14)25-8-7-24-6-5-19/h14-19H,5-9H2,1-4H3/t14-,15-,16+,17+,18?/m1/s1. The van der Waals surface area contributed by atoms with E-state index in [1.54, 1.807) is 0 Å². The zero-order valence-corrected chi connectivity index (χ0v) is 17.4. The molecule has 0 spiro atoms. The third kappa shape index (κ3) is 9.03. The molecule has 0 bridgehead atoms. The molecule has 1 aliphatic heterocycles. The number of hydrogen-bond donors (Lipinski definition) is 1. The summed E-state index contributed by atoms with van der Waals surface area (Å²) in [7, 11) is 0. The summed E-state index contributed by atoms with van der Waals surface area (Å²) in [6, 6.07) is 0. The average Bonchev–Trinajstić information content (AvgIpc) is 2.63. The molecule has 0 radical (unpaired) electrons. The molecule has 30 heavy (non-hydrogen) atoms. The van der Waals surface area contributed by atoms with Gasteiger partial charge in [0.1, 0.15) is 12.7 Å². The Morgan fingerprint density at radius 3 is 1.87 bits per heavy atom. The number of ether oxygens (including phenoxy) is 7. The van der Waals surface area contributed by atoms with Crippen LogP contribution in [0.4, 0.5) is 0 Å². The Labute approximate surface area is 173 Å². The first kappa shape index (κ1) is 25.8. The van der Waals surface area contributed by atoms with Crippen LogP contribution in [0, 0.1) is 0 Å². The molecule has 0 saturated carbocycles. The van der Waals surface area contributed by atoms with Crippen molar-refractivity contribution in [1.82, 2.24) is 0 Å². The smallest absolute Gasteiger partial charge is 0.303 e. The van der Waals surface area contributed by atoms with Crippen molar-refractivity contribution < 1.29 is 57.4 Å². The lowest BCUT2D eigenvalue weighted by Gasteiger charge is -2.44. The lowest BCUT2D eigenvalue weighted by atomic mass is 9.98. The maximum atomic E-state index is 11.7. The summed E-state index contributed by atoms with van der Waals surface area (Å²) in [6.45, 7) is 4.25. The van der Waals surface area contributed by atoms with Gasteiger partial charge in [0.25, 0.3) is 0 Å². The Balaban J connectivity index is 3.13. The van der Waals surface area contributed by atoms with Crippen LogP contribution in [-0.2, 0) is 52.3 Å². The molecule has 1 aliphatic rings. The molecular weight excluding hydrogens is 408 g/mol. The van der Waals surface area contributed by atoms with E-state index in [-0.39, 0.29) is 33.0 Å². The van der Waals surface area contributed by atoms with E-state index in [4.69, 9.17) is 38.3 Å². The van der Waals surface area contributed by atoms with Gasteiger partial charge in [-0.3, -0.25) is 19.2 Å². The van der Waals surface area contributed by atoms with Gasteiger partial charge in [0, 0.05) is 27.7 Å². The van der Waals surface area contributed by atoms with Crippen molar-refractivity contribution >= 4 is 23.9 Å². The van der Waals surface area contributed by atoms with Crippen molar-refractivity contribution in [2.75, 3.05) is 33.0 Å². The predicted molar refractivity (Wildman–Crippen MR) is 95.8 cm³/mol. The Kier molecular flexibility index (Phi) is 11.3. The van der Waals surface area contributed by atoms with Gasteiger partial charge in [0.2, 0.25) is 0 Å². The molecule has 0 aromatic heterocycles. The quantitative estimate of drug-likeness (QED) is 0.242. The van der Waals surface area contributed by atoms with Crippen LogP contribution in [0.2, 0.25) is 0 Å². The number of rotatable bonds is 11. The highest BCUT2D eigenvalue weighted by molar-refractivity contribution is 5.68. The molecule has 172 valence electrons. The highest BCUT2D eigenvalue weighted by atomic mass is 16.7. The zero-order valence-electron chi connectivity index (χ0n) is 17.4. The fourth-order valence-corrected chi connectivity index (χ4v) is 2.71. The molecule has 0 aliphatic carbocycles. The number of carbonyl (C=O) groups is 4. The third-order valence-electron chi connectivity index (χ3n) is 3.69. The van der Waals surface area contributed by atoms with Crippen LogP contribution >= 0.6 is 0 Å². The van der Waals surface area contributed by atoms with E-state index >= 15 is 0 Å². The molecule has 1 fully saturated rings. The van der Waals surface area contributed by atoms with Crippen molar-refractivity contribution in [2.45, 2.75) is 58.4 Å². The Hall–Kier alpha value is -2.28. The molecule has 1 N–H and O–H groups in total. The van der Waals surface area contributed by atoms with E-state index in [9.17, 15) is 19.2 Å². The first-order valence-electron chi connectivity index (χ1n) is 9.26. The number of aliphatic hydroxyl groups is 1. The molecule has 5 atom stereocenters. The summed E-state index contributed by atoms with van der Waals surface area (Å²) in [5, 5.41) is 8.73. The van der Waals surface area contributed by atoms with Crippen LogP contribution in [0.3, 0.4) is 0 Å². The van der Waals surface area contributed by atoms with Gasteiger partial charge in [-0.15, -0.1) is 0 Å². The summed E-state index contributed by atoms with van der Waals surface area (Å²) in [5.74, 6) is -2.77. The van der Waals surface area contributed by atoms with Gasteiger partial charge in [-0.2, -0.15) is 0 Å². The number of esters is 4. The van der Waals surface area contributed by atoms with Crippen LogP contribution in [0.25, 0.3) is 0 Å². The summed E-state index contributed by atoms with van der Waals surface area (Å²) in [4.78, 5) is 46.1. The van der Waals surface area contributed by atoms with Gasteiger partial charge >= 0.3 is 23.9 Å². The molecule has 0 aromatic carbocycles. The maximum Gasteiger partial charge on any atom is 0.303 e. The SMILES string of the molecule is CC(=O)OC[C@H]1OC(OCCOCCO)[C@@H](OC(C)=O)[C@@H](OC(C)=O)[C@@H]1OC(C)=O.